The average Bonchev–Trinajstić information content (AvgIpc) is 3.93. The van der Waals surface area contributed by atoms with E-state index in [9.17, 15) is 5.11 Å². The quantitative estimate of drug-likeness (QED) is 0.109. The fourth-order valence-corrected chi connectivity index (χ4v) is 6.69. The number of phenols is 1. The van der Waals surface area contributed by atoms with Crippen molar-refractivity contribution in [2.75, 3.05) is 6.61 Å². The van der Waals surface area contributed by atoms with E-state index in [4.69, 9.17) is 14.7 Å². The summed E-state index contributed by atoms with van der Waals surface area (Å²) in [5.41, 5.74) is 11.0. The van der Waals surface area contributed by atoms with Crippen LogP contribution in [0.25, 0.3) is 68.6 Å². The van der Waals surface area contributed by atoms with Crippen molar-refractivity contribution < 1.29 is 9.84 Å². The number of hydrogen-bond acceptors (Lipinski definition) is 4. The van der Waals surface area contributed by atoms with Crippen LogP contribution in [0, 0.1) is 0 Å². The van der Waals surface area contributed by atoms with Gasteiger partial charge in [0.15, 0.2) is 0 Å². The molecule has 0 fully saturated rings. The maximum absolute atomic E-state index is 10.3. The molecule has 248 valence electrons. The summed E-state index contributed by atoms with van der Waals surface area (Å²) in [7, 11) is 0. The number of nitrogens with one attached hydrogen (secondary N) is 2. The third kappa shape index (κ3) is 7.86. The first-order valence-corrected chi connectivity index (χ1v) is 17.8. The van der Waals surface area contributed by atoms with Crippen molar-refractivity contribution in [3.8, 4) is 33.8 Å². The van der Waals surface area contributed by atoms with Gasteiger partial charge in [-0.3, -0.25) is 0 Å². The molecular formula is C43H44N4O2. The van der Waals surface area contributed by atoms with Gasteiger partial charge in [-0.2, -0.15) is 0 Å². The largest absolute Gasteiger partial charge is 0.508 e. The molecular weight excluding hydrogens is 604 g/mol. The number of benzene rings is 2. The van der Waals surface area contributed by atoms with Crippen molar-refractivity contribution in [3.05, 3.63) is 108 Å². The second-order valence-electron chi connectivity index (χ2n) is 13.0. The third-order valence-electron chi connectivity index (χ3n) is 9.17. The van der Waals surface area contributed by atoms with Crippen molar-refractivity contribution in [2.45, 2.75) is 64.7 Å². The Morgan fingerprint density at radius 2 is 1.12 bits per heavy atom. The van der Waals surface area contributed by atoms with Crippen LogP contribution in [0.4, 0.5) is 0 Å². The fraction of sp³-hybridized carbons (Fsp3) is 0.256. The number of unbranched alkanes of at least 4 members (excludes halogenated alkanes) is 8. The molecule has 6 heteroatoms. The molecule has 5 aromatic rings. The number of rotatable bonds is 13. The Morgan fingerprint density at radius 3 is 1.71 bits per heavy atom. The molecule has 3 N–H and O–H groups in total. The lowest BCUT2D eigenvalue weighted by Gasteiger charge is -2.09. The van der Waals surface area contributed by atoms with Crippen LogP contribution in [-0.4, -0.2) is 31.6 Å². The molecule has 49 heavy (non-hydrogen) atoms. The van der Waals surface area contributed by atoms with Gasteiger partial charge in [0.1, 0.15) is 11.5 Å². The van der Waals surface area contributed by atoms with Crippen LogP contribution >= 0.6 is 0 Å². The minimum absolute atomic E-state index is 0.212. The predicted molar refractivity (Wildman–Crippen MR) is 204 cm³/mol. The van der Waals surface area contributed by atoms with Gasteiger partial charge in [0.05, 0.1) is 29.4 Å². The average molecular weight is 649 g/mol. The van der Waals surface area contributed by atoms with E-state index in [0.29, 0.717) is 0 Å². The minimum Gasteiger partial charge on any atom is -0.508 e. The number of fused-ring (bicyclic) bond motifs is 8. The summed E-state index contributed by atoms with van der Waals surface area (Å²) in [6.07, 6.45) is 19.8. The molecule has 0 atom stereocenters. The van der Waals surface area contributed by atoms with Gasteiger partial charge in [-0.25, -0.2) is 9.97 Å². The second kappa shape index (κ2) is 15.2. The summed E-state index contributed by atoms with van der Waals surface area (Å²) in [6.45, 7) is 2.99. The number of aromatic hydroxyl groups is 1. The molecule has 2 aliphatic rings. The van der Waals surface area contributed by atoms with E-state index in [1.165, 1.54) is 51.4 Å². The lowest BCUT2D eigenvalue weighted by Crippen LogP contribution is -1.97. The molecule has 2 aliphatic heterocycles. The summed E-state index contributed by atoms with van der Waals surface area (Å²) in [6, 6.07) is 28.1. The highest BCUT2D eigenvalue weighted by atomic mass is 16.5. The van der Waals surface area contributed by atoms with Crippen LogP contribution in [0.3, 0.4) is 0 Å². The van der Waals surface area contributed by atoms with Crippen LogP contribution in [0.15, 0.2) is 84.9 Å². The molecule has 0 saturated heterocycles. The number of nitrogens with zero attached hydrogens (tertiary/aromatic N) is 2. The highest BCUT2D eigenvalue weighted by Gasteiger charge is 2.14. The van der Waals surface area contributed by atoms with Gasteiger partial charge in [-0.15, -0.1) is 0 Å². The van der Waals surface area contributed by atoms with Crippen molar-refractivity contribution >= 4 is 46.4 Å². The molecule has 5 heterocycles. The SMILES string of the molecule is CCCCCCCCCCCOc1cccc(-c2c3nc(cc4ccc([nH]4)c(-c4cccc(O)c4)c4nc(cc5ccc2[nH]5)C=C4)C=C3)c1. The second-order valence-corrected chi connectivity index (χ2v) is 13.0. The monoisotopic (exact) mass is 648 g/mol. The van der Waals surface area contributed by atoms with Gasteiger partial charge >= 0.3 is 0 Å². The molecule has 7 rings (SSSR count). The first-order valence-electron chi connectivity index (χ1n) is 17.8. The fourth-order valence-electron chi connectivity index (χ4n) is 6.69. The van der Waals surface area contributed by atoms with Gasteiger partial charge in [-0.1, -0.05) is 82.6 Å². The Labute approximate surface area is 288 Å². The third-order valence-corrected chi connectivity index (χ3v) is 9.17. The minimum atomic E-state index is 0.212. The molecule has 0 radical (unpaired) electrons. The van der Waals surface area contributed by atoms with Crippen molar-refractivity contribution in [1.29, 1.82) is 0 Å². The maximum atomic E-state index is 10.3. The summed E-state index contributed by atoms with van der Waals surface area (Å²) in [5.74, 6) is 1.09. The summed E-state index contributed by atoms with van der Waals surface area (Å²) >= 11 is 0. The molecule has 0 unspecified atom stereocenters. The molecule has 3 aromatic heterocycles. The van der Waals surface area contributed by atoms with Gasteiger partial charge < -0.3 is 19.8 Å². The van der Waals surface area contributed by atoms with E-state index in [1.807, 2.05) is 30.4 Å². The first kappa shape index (κ1) is 32.2. The highest BCUT2D eigenvalue weighted by Crippen LogP contribution is 2.34. The van der Waals surface area contributed by atoms with Gasteiger partial charge in [0.2, 0.25) is 0 Å². The van der Waals surface area contributed by atoms with E-state index in [-0.39, 0.29) is 5.75 Å². The molecule has 0 amide bonds. The lowest BCUT2D eigenvalue weighted by atomic mass is 10.0. The number of aromatic nitrogens is 4. The van der Waals surface area contributed by atoms with Crippen LogP contribution in [0.1, 0.15) is 87.5 Å². The summed E-state index contributed by atoms with van der Waals surface area (Å²) < 4.78 is 6.26. The van der Waals surface area contributed by atoms with Gasteiger partial charge in [0.25, 0.3) is 0 Å². The predicted octanol–water partition coefficient (Wildman–Crippen LogP) is 11.6. The molecule has 0 saturated carbocycles. The Kier molecular flexibility index (Phi) is 10.0. The lowest BCUT2D eigenvalue weighted by molar-refractivity contribution is 0.304. The Morgan fingerprint density at radius 1 is 0.571 bits per heavy atom. The maximum Gasteiger partial charge on any atom is 0.119 e. The smallest absolute Gasteiger partial charge is 0.119 e. The van der Waals surface area contributed by atoms with E-state index in [2.05, 4.69) is 83.6 Å². The number of aromatic amines is 2. The molecule has 0 spiro atoms. The van der Waals surface area contributed by atoms with E-state index in [0.717, 1.165) is 85.9 Å². The molecule has 0 aliphatic carbocycles. The number of phenolic OH excluding ortho intramolecular Hbond substituents is 1. The van der Waals surface area contributed by atoms with E-state index in [1.54, 1.807) is 12.1 Å². The van der Waals surface area contributed by atoms with Gasteiger partial charge in [-0.05, 0) is 103 Å². The summed E-state index contributed by atoms with van der Waals surface area (Å²) in [5, 5.41) is 10.3. The van der Waals surface area contributed by atoms with Crippen molar-refractivity contribution in [2.24, 2.45) is 0 Å². The Hall–Kier alpha value is -5.36. The summed E-state index contributed by atoms with van der Waals surface area (Å²) in [4.78, 5) is 17.3. The van der Waals surface area contributed by atoms with Crippen molar-refractivity contribution in [3.63, 3.8) is 0 Å². The Bertz CT molecular complexity index is 2150. The normalized spacial score (nSPS) is 12.1. The van der Waals surface area contributed by atoms with Crippen LogP contribution in [0.2, 0.25) is 0 Å². The number of hydrogen-bond donors (Lipinski definition) is 3. The Balaban J connectivity index is 1.22. The molecule has 2 aromatic carbocycles. The van der Waals surface area contributed by atoms with Crippen LogP contribution < -0.4 is 4.74 Å². The zero-order valence-corrected chi connectivity index (χ0v) is 28.2. The first-order chi connectivity index (χ1) is 24.1. The molecule has 6 nitrogen and oxygen atoms in total. The topological polar surface area (TPSA) is 86.8 Å². The number of ether oxygens (including phenoxy) is 1. The van der Waals surface area contributed by atoms with E-state index < -0.39 is 0 Å². The van der Waals surface area contributed by atoms with E-state index >= 15 is 0 Å². The zero-order chi connectivity index (χ0) is 33.4. The zero-order valence-electron chi connectivity index (χ0n) is 28.2. The van der Waals surface area contributed by atoms with Crippen molar-refractivity contribution in [1.82, 2.24) is 19.9 Å². The molecule has 8 bridgehead atoms. The van der Waals surface area contributed by atoms with Crippen LogP contribution in [0.5, 0.6) is 11.5 Å². The number of H-pyrrole nitrogens is 2. The highest BCUT2D eigenvalue weighted by molar-refractivity contribution is 5.93. The van der Waals surface area contributed by atoms with Crippen LogP contribution in [-0.2, 0) is 0 Å². The van der Waals surface area contributed by atoms with Gasteiger partial charge in [0, 0.05) is 33.2 Å². The standard InChI is InChI=1S/C43H44N4O2/c1-2-3-4-5-6-7-8-9-10-25-49-37-16-12-14-31(27-37)43-40-23-19-34(46-40)28-32-17-21-38(44-32)42(30-13-11-15-36(48)26-30)39-22-18-33(45-39)29-35-20-24-41(43)47-35/h11-24,26-29,44,47-48H,2-10,25H2,1H3.